The molecule has 4 heteroatoms. The summed E-state index contributed by atoms with van der Waals surface area (Å²) in [4.78, 5) is 0. The third-order valence-electron chi connectivity index (χ3n) is 2.78. The Morgan fingerprint density at radius 3 is 2.75 bits per heavy atom. The van der Waals surface area contributed by atoms with Crippen LogP contribution in [0.2, 0.25) is 0 Å². The van der Waals surface area contributed by atoms with E-state index in [-0.39, 0.29) is 5.41 Å². The van der Waals surface area contributed by atoms with E-state index in [2.05, 4.69) is 30.3 Å². The summed E-state index contributed by atoms with van der Waals surface area (Å²) in [6.07, 6.45) is 1.51. The van der Waals surface area contributed by atoms with E-state index in [1.807, 2.05) is 24.7 Å². The molecule has 0 unspecified atom stereocenters. The van der Waals surface area contributed by atoms with E-state index in [4.69, 9.17) is 5.26 Å². The molecule has 1 aromatic heterocycles. The Balaban J connectivity index is 2.48. The Morgan fingerprint density at radius 2 is 2.25 bits per heavy atom. The first-order chi connectivity index (χ1) is 7.44. The monoisotopic (exact) mass is 220 g/mol. The zero-order chi connectivity index (χ0) is 12.2. The zero-order valence-electron chi connectivity index (χ0n) is 10.5. The highest BCUT2D eigenvalue weighted by Crippen LogP contribution is 2.22. The fourth-order valence-electron chi connectivity index (χ4n) is 1.46. The van der Waals surface area contributed by atoms with Gasteiger partial charge in [-0.15, -0.1) is 0 Å². The van der Waals surface area contributed by atoms with Crippen LogP contribution in [0.5, 0.6) is 0 Å². The minimum atomic E-state index is 0.126. The first-order valence-corrected chi connectivity index (χ1v) is 5.56. The Bertz CT molecular complexity index is 365. The molecule has 0 radical (unpaired) electrons. The van der Waals surface area contributed by atoms with Gasteiger partial charge in [-0.05, 0) is 18.8 Å². The van der Waals surface area contributed by atoms with E-state index in [1.165, 1.54) is 0 Å². The molecule has 16 heavy (non-hydrogen) atoms. The lowest BCUT2D eigenvalue weighted by Crippen LogP contribution is -2.23. The summed E-state index contributed by atoms with van der Waals surface area (Å²) in [5.41, 5.74) is 1.26. The van der Waals surface area contributed by atoms with Gasteiger partial charge < -0.3 is 5.32 Å². The molecule has 0 aliphatic rings. The number of aromatic nitrogens is 2. The van der Waals surface area contributed by atoms with Crippen LogP contribution < -0.4 is 5.32 Å². The van der Waals surface area contributed by atoms with Crippen molar-refractivity contribution >= 4 is 5.82 Å². The van der Waals surface area contributed by atoms with Crippen LogP contribution in [0.1, 0.15) is 32.4 Å². The minimum absolute atomic E-state index is 0.126. The number of anilines is 1. The molecule has 0 spiro atoms. The second-order valence-electron chi connectivity index (χ2n) is 4.97. The Kier molecular flexibility index (Phi) is 3.94. The molecule has 0 bridgehead atoms. The van der Waals surface area contributed by atoms with Crippen molar-refractivity contribution in [3.63, 3.8) is 0 Å². The standard InChI is InChI=1S/C12H20N4/c1-10-8-11(15-16(10)4)14-9-12(2,3)6-5-7-13/h8H,5-6,9H2,1-4H3,(H,14,15). The lowest BCUT2D eigenvalue weighted by molar-refractivity contribution is 0.363. The van der Waals surface area contributed by atoms with Gasteiger partial charge in [-0.25, -0.2) is 0 Å². The van der Waals surface area contributed by atoms with Crippen LogP contribution in [-0.4, -0.2) is 16.3 Å². The molecule has 1 N–H and O–H groups in total. The molecule has 0 saturated heterocycles. The summed E-state index contributed by atoms with van der Waals surface area (Å²) in [6, 6.07) is 4.22. The number of aryl methyl sites for hydroxylation is 2. The van der Waals surface area contributed by atoms with Crippen molar-refractivity contribution < 1.29 is 0 Å². The predicted octanol–water partition coefficient (Wildman–Crippen LogP) is 2.47. The molecule has 0 aromatic carbocycles. The van der Waals surface area contributed by atoms with Crippen molar-refractivity contribution in [1.82, 2.24) is 9.78 Å². The van der Waals surface area contributed by atoms with E-state index in [0.717, 1.165) is 24.5 Å². The maximum atomic E-state index is 8.57. The van der Waals surface area contributed by atoms with E-state index < -0.39 is 0 Å². The van der Waals surface area contributed by atoms with Crippen LogP contribution in [0.3, 0.4) is 0 Å². The highest BCUT2D eigenvalue weighted by atomic mass is 15.3. The molecule has 1 aromatic rings. The van der Waals surface area contributed by atoms with Crippen molar-refractivity contribution in [1.29, 1.82) is 5.26 Å². The molecule has 1 heterocycles. The number of hydrogen-bond acceptors (Lipinski definition) is 3. The molecule has 0 amide bonds. The average molecular weight is 220 g/mol. The highest BCUT2D eigenvalue weighted by molar-refractivity contribution is 5.35. The van der Waals surface area contributed by atoms with E-state index in [9.17, 15) is 0 Å². The first-order valence-electron chi connectivity index (χ1n) is 5.56. The lowest BCUT2D eigenvalue weighted by Gasteiger charge is -2.23. The summed E-state index contributed by atoms with van der Waals surface area (Å²) in [5.74, 6) is 0.907. The minimum Gasteiger partial charge on any atom is -0.368 e. The number of hydrogen-bond donors (Lipinski definition) is 1. The molecule has 1 rings (SSSR count). The Hall–Kier alpha value is -1.50. The normalized spacial score (nSPS) is 11.2. The fraction of sp³-hybridized carbons (Fsp3) is 0.667. The van der Waals surface area contributed by atoms with E-state index >= 15 is 0 Å². The van der Waals surface area contributed by atoms with Gasteiger partial charge in [-0.1, -0.05) is 13.8 Å². The van der Waals surface area contributed by atoms with Gasteiger partial charge in [0.1, 0.15) is 5.82 Å². The van der Waals surface area contributed by atoms with Crippen molar-refractivity contribution in [2.75, 3.05) is 11.9 Å². The number of nitriles is 1. The third kappa shape index (κ3) is 3.58. The molecular formula is C12H20N4. The van der Waals surface area contributed by atoms with Crippen molar-refractivity contribution in [3.8, 4) is 6.07 Å². The summed E-state index contributed by atoms with van der Waals surface area (Å²) in [5, 5.41) is 16.2. The van der Waals surface area contributed by atoms with Crippen molar-refractivity contribution in [2.24, 2.45) is 12.5 Å². The predicted molar refractivity (Wildman–Crippen MR) is 65.1 cm³/mol. The van der Waals surface area contributed by atoms with Gasteiger partial charge in [-0.3, -0.25) is 4.68 Å². The lowest BCUT2D eigenvalue weighted by atomic mass is 9.88. The SMILES string of the molecule is Cc1cc(NCC(C)(C)CCC#N)nn1C. The topological polar surface area (TPSA) is 53.6 Å². The van der Waals surface area contributed by atoms with Crippen LogP contribution in [0.25, 0.3) is 0 Å². The van der Waals surface area contributed by atoms with Gasteiger partial charge in [0.2, 0.25) is 0 Å². The molecular weight excluding hydrogens is 200 g/mol. The summed E-state index contributed by atoms with van der Waals surface area (Å²) >= 11 is 0. The van der Waals surface area contributed by atoms with E-state index in [1.54, 1.807) is 0 Å². The fourth-order valence-corrected chi connectivity index (χ4v) is 1.46. The summed E-state index contributed by atoms with van der Waals surface area (Å²) in [6.45, 7) is 7.18. The van der Waals surface area contributed by atoms with Crippen LogP contribution in [0, 0.1) is 23.7 Å². The van der Waals surface area contributed by atoms with Crippen LogP contribution in [0.15, 0.2) is 6.07 Å². The maximum Gasteiger partial charge on any atom is 0.148 e. The van der Waals surface area contributed by atoms with Gasteiger partial charge >= 0.3 is 0 Å². The quantitative estimate of drug-likeness (QED) is 0.829. The van der Waals surface area contributed by atoms with Gasteiger partial charge in [-0.2, -0.15) is 10.4 Å². The van der Waals surface area contributed by atoms with Crippen LogP contribution in [-0.2, 0) is 7.05 Å². The maximum absolute atomic E-state index is 8.57. The smallest absolute Gasteiger partial charge is 0.148 e. The van der Waals surface area contributed by atoms with E-state index in [0.29, 0.717) is 6.42 Å². The third-order valence-corrected chi connectivity index (χ3v) is 2.78. The highest BCUT2D eigenvalue weighted by Gasteiger charge is 2.17. The van der Waals surface area contributed by atoms with Gasteiger partial charge in [0.25, 0.3) is 0 Å². The largest absolute Gasteiger partial charge is 0.368 e. The average Bonchev–Trinajstić information content (AvgIpc) is 2.53. The molecule has 88 valence electrons. The van der Waals surface area contributed by atoms with Crippen LogP contribution in [0.4, 0.5) is 5.82 Å². The first kappa shape index (κ1) is 12.6. The summed E-state index contributed by atoms with van der Waals surface area (Å²) in [7, 11) is 1.93. The summed E-state index contributed by atoms with van der Waals surface area (Å²) < 4.78 is 1.85. The molecule has 0 aliphatic carbocycles. The van der Waals surface area contributed by atoms with Gasteiger partial charge in [0.05, 0.1) is 6.07 Å². The molecule has 0 atom stereocenters. The van der Waals surface area contributed by atoms with Crippen molar-refractivity contribution in [3.05, 3.63) is 11.8 Å². The van der Waals surface area contributed by atoms with Gasteiger partial charge in [0, 0.05) is 31.8 Å². The van der Waals surface area contributed by atoms with Crippen molar-refractivity contribution in [2.45, 2.75) is 33.6 Å². The Morgan fingerprint density at radius 1 is 1.56 bits per heavy atom. The number of nitrogens with one attached hydrogen (secondary N) is 1. The zero-order valence-corrected chi connectivity index (χ0v) is 10.5. The second-order valence-corrected chi connectivity index (χ2v) is 4.97. The van der Waals surface area contributed by atoms with Crippen LogP contribution >= 0.6 is 0 Å². The second kappa shape index (κ2) is 5.02. The molecule has 0 fully saturated rings. The number of rotatable bonds is 5. The molecule has 0 saturated carbocycles. The number of nitrogens with zero attached hydrogens (tertiary/aromatic N) is 3. The Labute approximate surface area is 97.3 Å². The molecule has 4 nitrogen and oxygen atoms in total. The molecule has 0 aliphatic heterocycles. The van der Waals surface area contributed by atoms with Gasteiger partial charge in [0.15, 0.2) is 0 Å².